The van der Waals surface area contributed by atoms with Crippen molar-refractivity contribution in [3.05, 3.63) is 169 Å². The lowest BCUT2D eigenvalue weighted by molar-refractivity contribution is -0.140. The van der Waals surface area contributed by atoms with Crippen LogP contribution in [0, 0.1) is 0 Å². The first-order chi connectivity index (χ1) is 43.6. The van der Waals surface area contributed by atoms with E-state index in [1.807, 2.05) is 0 Å². The molecule has 0 heterocycles. The largest absolute Gasteiger partial charge is 0.494 e. The summed E-state index contributed by atoms with van der Waals surface area (Å²) in [5.41, 5.74) is 15.5. The van der Waals surface area contributed by atoms with Crippen LogP contribution in [0.1, 0.15) is 206 Å². The number of ketones is 1. The minimum atomic E-state index is -0.543. The van der Waals surface area contributed by atoms with Crippen LogP contribution >= 0.6 is 0 Å². The van der Waals surface area contributed by atoms with Crippen molar-refractivity contribution >= 4 is 23.7 Å². The highest BCUT2D eigenvalue weighted by molar-refractivity contribution is 5.94. The molecule has 9 nitrogen and oxygen atoms in total. The van der Waals surface area contributed by atoms with Crippen LogP contribution in [0.15, 0.2) is 158 Å². The van der Waals surface area contributed by atoms with Gasteiger partial charge in [-0.1, -0.05) is 239 Å². The monoisotopic (exact) mass is 1200 g/mol. The molecule has 0 N–H and O–H groups in total. The van der Waals surface area contributed by atoms with Crippen molar-refractivity contribution in [3.63, 3.8) is 0 Å². The van der Waals surface area contributed by atoms with E-state index in [-0.39, 0.29) is 17.8 Å². The molecule has 0 aromatic heterocycles. The lowest BCUT2D eigenvalue weighted by Crippen LogP contribution is -2.25. The fraction of sp³-hybridized carbons (Fsp3) is 0.450. The fourth-order valence-electron chi connectivity index (χ4n) is 12.3. The number of rotatable bonds is 43. The van der Waals surface area contributed by atoms with E-state index in [1.54, 1.807) is 6.92 Å². The molecule has 0 aliphatic heterocycles. The average molecular weight is 1210 g/mol. The molecule has 474 valence electrons. The number of fused-ring (bicyclic) bond motifs is 3. The fourth-order valence-corrected chi connectivity index (χ4v) is 12.3. The zero-order valence-corrected chi connectivity index (χ0v) is 54.1. The topological polar surface area (TPSA) is 114 Å². The molecule has 0 amide bonds. The molecule has 0 atom stereocenters. The van der Waals surface area contributed by atoms with E-state index in [0.29, 0.717) is 26.4 Å². The van der Waals surface area contributed by atoms with Crippen molar-refractivity contribution in [1.29, 1.82) is 0 Å². The van der Waals surface area contributed by atoms with Crippen LogP contribution in [0.3, 0.4) is 0 Å². The summed E-state index contributed by atoms with van der Waals surface area (Å²) >= 11 is 0. The second kappa shape index (κ2) is 38.8. The summed E-state index contributed by atoms with van der Waals surface area (Å²) in [5, 5.41) is 0. The Hall–Kier alpha value is -7.52. The Balaban J connectivity index is 0.962. The third-order valence-corrected chi connectivity index (χ3v) is 17.3. The first-order valence-electron chi connectivity index (χ1n) is 33.9. The average Bonchev–Trinajstić information content (AvgIpc) is 1.59. The molecule has 1 aliphatic carbocycles. The normalized spacial score (nSPS) is 12.3. The standard InChI is InChI=1S/C80H100O9/c1-5-8-10-12-18-24-54-80(55-25-19-13-11-9-6-2)75-60-69(67-35-31-63(32-36-67)65-39-45-71(46-40-65)86-56-26-20-14-16-22-28-58-88-78(83)51-30-62(4)81)43-49-73(75)74-50-44-70(61-76(74)80)68-37-33-64(34-38-68)66-41-47-72(48-42-66)87-57-27-21-15-17-23-29-59-89-79(84)53-52-77(82)85-7-3/h30-53,60-61H,5-29,54-59H2,1-4H3/b51-30-,53-52-. The summed E-state index contributed by atoms with van der Waals surface area (Å²) < 4.78 is 27.4. The van der Waals surface area contributed by atoms with Crippen molar-refractivity contribution in [3.8, 4) is 67.1 Å². The second-order valence-corrected chi connectivity index (χ2v) is 24.1. The molecule has 0 bridgehead atoms. The van der Waals surface area contributed by atoms with Gasteiger partial charge in [0.15, 0.2) is 5.78 Å². The molecule has 0 saturated carbocycles. The molecule has 89 heavy (non-hydrogen) atoms. The molecule has 0 unspecified atom stereocenters. The van der Waals surface area contributed by atoms with E-state index >= 15 is 0 Å². The zero-order valence-electron chi connectivity index (χ0n) is 54.1. The maximum absolute atomic E-state index is 11.8. The number of hydrogen-bond acceptors (Lipinski definition) is 9. The van der Waals surface area contributed by atoms with Crippen molar-refractivity contribution in [2.45, 2.75) is 200 Å². The number of unbranched alkanes of at least 4 members (excludes halogenated alkanes) is 20. The van der Waals surface area contributed by atoms with Gasteiger partial charge in [0.25, 0.3) is 0 Å². The van der Waals surface area contributed by atoms with Gasteiger partial charge in [-0.25, -0.2) is 14.4 Å². The Labute approximate surface area is 533 Å². The summed E-state index contributed by atoms with van der Waals surface area (Å²) in [6.45, 7) is 10.1. The van der Waals surface area contributed by atoms with Crippen molar-refractivity contribution in [1.82, 2.24) is 0 Å². The molecule has 6 aromatic carbocycles. The van der Waals surface area contributed by atoms with Gasteiger partial charge in [0.1, 0.15) is 11.5 Å². The lowest BCUT2D eigenvalue weighted by Gasteiger charge is -2.33. The number of allylic oxidation sites excluding steroid dienone is 1. The van der Waals surface area contributed by atoms with Gasteiger partial charge in [-0.05, 0) is 162 Å². The van der Waals surface area contributed by atoms with Crippen LogP contribution < -0.4 is 9.47 Å². The number of ether oxygens (including phenoxy) is 5. The van der Waals surface area contributed by atoms with Gasteiger partial charge < -0.3 is 23.7 Å². The van der Waals surface area contributed by atoms with Crippen molar-refractivity contribution < 1.29 is 42.9 Å². The van der Waals surface area contributed by atoms with E-state index in [9.17, 15) is 19.2 Å². The van der Waals surface area contributed by atoms with E-state index in [4.69, 9.17) is 23.7 Å². The van der Waals surface area contributed by atoms with E-state index in [1.165, 1.54) is 163 Å². The first-order valence-corrected chi connectivity index (χ1v) is 33.9. The summed E-state index contributed by atoms with van der Waals surface area (Å²) in [5.74, 6) is 0.0836. The lowest BCUT2D eigenvalue weighted by atomic mass is 9.70. The summed E-state index contributed by atoms with van der Waals surface area (Å²) in [7, 11) is 0. The van der Waals surface area contributed by atoms with Crippen LogP contribution in [-0.2, 0) is 38.8 Å². The van der Waals surface area contributed by atoms with Crippen molar-refractivity contribution in [2.24, 2.45) is 0 Å². The number of carbonyl (C=O) groups excluding carboxylic acids is 4. The highest BCUT2D eigenvalue weighted by atomic mass is 16.5. The molecule has 0 saturated heterocycles. The van der Waals surface area contributed by atoms with Gasteiger partial charge in [0.05, 0.1) is 33.0 Å². The van der Waals surface area contributed by atoms with Gasteiger partial charge in [-0.3, -0.25) is 4.79 Å². The zero-order chi connectivity index (χ0) is 62.7. The summed E-state index contributed by atoms with van der Waals surface area (Å²) in [6, 6.07) is 50.0. The molecule has 7 rings (SSSR count). The van der Waals surface area contributed by atoms with Gasteiger partial charge in [0.2, 0.25) is 0 Å². The van der Waals surface area contributed by atoms with E-state index in [0.717, 1.165) is 114 Å². The second-order valence-electron chi connectivity index (χ2n) is 24.1. The summed E-state index contributed by atoms with van der Waals surface area (Å²) in [6.07, 6.45) is 34.5. The number of benzene rings is 6. The Morgan fingerprint density at radius 3 is 0.978 bits per heavy atom. The molecule has 0 spiro atoms. The predicted octanol–water partition coefficient (Wildman–Crippen LogP) is 20.9. The Morgan fingerprint density at radius 2 is 0.618 bits per heavy atom. The molecule has 0 fully saturated rings. The SMILES string of the molecule is CCCCCCCCC1(CCCCCCCC)c2cc(-c3ccc(-c4ccc(OCCCCCCCCOC(=O)/C=C\C(C)=O)cc4)cc3)ccc2-c2ccc(-c3ccc(-c4ccc(OCCCCCCCCOC(=O)/C=C\C(=O)OCC)cc4)cc3)cc21. The molecule has 1 aliphatic rings. The highest BCUT2D eigenvalue weighted by Gasteiger charge is 2.42. The minimum Gasteiger partial charge on any atom is -0.494 e. The van der Waals surface area contributed by atoms with Crippen LogP contribution in [0.25, 0.3) is 55.6 Å². The van der Waals surface area contributed by atoms with Crippen LogP contribution in [-0.4, -0.2) is 56.7 Å². The number of carbonyl (C=O) groups is 4. The molecule has 0 radical (unpaired) electrons. The molecule has 9 heteroatoms. The van der Waals surface area contributed by atoms with E-state index in [2.05, 4.69) is 147 Å². The maximum atomic E-state index is 11.8. The van der Waals surface area contributed by atoms with Gasteiger partial charge in [-0.2, -0.15) is 0 Å². The number of esters is 3. The molecular formula is C80H100O9. The van der Waals surface area contributed by atoms with Crippen LogP contribution in [0.2, 0.25) is 0 Å². The maximum Gasteiger partial charge on any atom is 0.331 e. The van der Waals surface area contributed by atoms with Gasteiger partial charge in [-0.15, -0.1) is 0 Å². The van der Waals surface area contributed by atoms with E-state index < -0.39 is 17.9 Å². The Morgan fingerprint density at radius 1 is 0.326 bits per heavy atom. The van der Waals surface area contributed by atoms with Crippen LogP contribution in [0.4, 0.5) is 0 Å². The molecular weight excluding hydrogens is 1100 g/mol. The smallest absolute Gasteiger partial charge is 0.331 e. The molecule has 6 aromatic rings. The Bertz CT molecular complexity index is 3120. The van der Waals surface area contributed by atoms with Gasteiger partial charge >= 0.3 is 17.9 Å². The van der Waals surface area contributed by atoms with Gasteiger partial charge in [0, 0.05) is 23.6 Å². The first kappa shape index (κ1) is 69.0. The third kappa shape index (κ3) is 22.8. The third-order valence-electron chi connectivity index (χ3n) is 17.3. The quantitative estimate of drug-likeness (QED) is 0.0160. The predicted molar refractivity (Wildman–Crippen MR) is 364 cm³/mol. The van der Waals surface area contributed by atoms with Crippen LogP contribution in [0.5, 0.6) is 11.5 Å². The Kier molecular flexibility index (Phi) is 30.1. The summed E-state index contributed by atoms with van der Waals surface area (Å²) in [4.78, 5) is 45.7. The minimum absolute atomic E-state index is 0.0660. The van der Waals surface area contributed by atoms with Crippen molar-refractivity contribution in [2.75, 3.05) is 33.0 Å². The number of hydrogen-bond donors (Lipinski definition) is 0. The highest BCUT2D eigenvalue weighted by Crippen LogP contribution is 2.56.